The van der Waals surface area contributed by atoms with Crippen LogP contribution in [0.1, 0.15) is 48.5 Å². The van der Waals surface area contributed by atoms with Crippen LogP contribution in [0, 0.1) is 6.92 Å². The Morgan fingerprint density at radius 2 is 1.83 bits per heavy atom. The molecule has 0 radical (unpaired) electrons. The number of ether oxygens (including phenoxy) is 2. The molecule has 4 aromatic rings. The lowest BCUT2D eigenvalue weighted by Gasteiger charge is -2.15. The van der Waals surface area contributed by atoms with Crippen molar-refractivity contribution in [1.29, 1.82) is 0 Å². The second kappa shape index (κ2) is 10.1. The zero-order valence-corrected chi connectivity index (χ0v) is 22.2. The lowest BCUT2D eigenvalue weighted by molar-refractivity contribution is 0.121. The van der Waals surface area contributed by atoms with Crippen LogP contribution in [-0.4, -0.2) is 13.2 Å². The van der Waals surface area contributed by atoms with Crippen molar-refractivity contribution < 1.29 is 14.3 Å². The van der Waals surface area contributed by atoms with E-state index >= 15 is 0 Å². The summed E-state index contributed by atoms with van der Waals surface area (Å²) in [6, 6.07) is 16.6. The number of anilines is 1. The molecule has 1 saturated carbocycles. The first-order valence-electron chi connectivity index (χ1n) is 11.5. The first-order valence-corrected chi connectivity index (χ1v) is 13.6. The third kappa shape index (κ3) is 5.25. The van der Waals surface area contributed by atoms with E-state index in [1.165, 1.54) is 29.7 Å². The molecule has 1 aliphatic rings. The lowest BCUT2D eigenvalue weighted by Crippen LogP contribution is -2.16. The monoisotopic (exact) mass is 523 g/mol. The van der Waals surface area contributed by atoms with Crippen molar-refractivity contribution in [2.45, 2.75) is 38.7 Å². The topological polar surface area (TPSA) is 47.6 Å². The highest BCUT2D eigenvalue weighted by atomic mass is 35.5. The van der Waals surface area contributed by atoms with Gasteiger partial charge < -0.3 is 9.47 Å². The van der Waals surface area contributed by atoms with Crippen LogP contribution in [0.15, 0.2) is 59.3 Å². The van der Waals surface area contributed by atoms with Crippen LogP contribution in [0.4, 0.5) is 10.5 Å². The number of hydrogen-bond donors (Lipinski definition) is 1. The van der Waals surface area contributed by atoms with Crippen LogP contribution in [0.3, 0.4) is 0 Å². The molecule has 7 heteroatoms. The molecule has 2 aromatic carbocycles. The van der Waals surface area contributed by atoms with Crippen molar-refractivity contribution in [3.8, 4) is 27.3 Å². The van der Waals surface area contributed by atoms with E-state index in [0.29, 0.717) is 10.0 Å². The van der Waals surface area contributed by atoms with Gasteiger partial charge in [-0.05, 0) is 77.8 Å². The molecule has 1 atom stereocenters. The predicted molar refractivity (Wildman–Crippen MR) is 146 cm³/mol. The zero-order chi connectivity index (χ0) is 24.5. The second-order valence-corrected chi connectivity index (χ2v) is 11.2. The Labute approximate surface area is 218 Å². The summed E-state index contributed by atoms with van der Waals surface area (Å²) in [5.41, 5.74) is 7.19. The summed E-state index contributed by atoms with van der Waals surface area (Å²) in [5, 5.41) is 6.93. The summed E-state index contributed by atoms with van der Waals surface area (Å²) in [4.78, 5) is 13.5. The van der Waals surface area contributed by atoms with Crippen LogP contribution in [0.5, 0.6) is 5.75 Å². The van der Waals surface area contributed by atoms with Gasteiger partial charge in [-0.25, -0.2) is 4.79 Å². The number of nitrogens with one attached hydrogen (secondary N) is 1. The Morgan fingerprint density at radius 3 is 2.49 bits per heavy atom. The standard InChI is InChI=1S/C28H26ClNO3S2/c1-16-14-34-15-23(16)17(2)33-28(31)30-24-13-26(29)35-27(24)21-10-11-22(25(12-21)32-3)20-8-6-19(7-9-20)18-4-5-18/h6-15,17-18H,4-5H2,1-3H3,(H,30,31). The average Bonchev–Trinajstić information content (AvgIpc) is 3.51. The third-order valence-electron chi connectivity index (χ3n) is 6.29. The van der Waals surface area contributed by atoms with Gasteiger partial charge >= 0.3 is 6.09 Å². The number of thiophene rings is 2. The first kappa shape index (κ1) is 23.9. The SMILES string of the molecule is COc1cc(-c2sc(Cl)cc2NC(=O)OC(C)c2cscc2C)ccc1-c1ccc(C2CC2)cc1. The first-order chi connectivity index (χ1) is 16.9. The predicted octanol–water partition coefficient (Wildman–Crippen LogP) is 9.30. The molecule has 4 nitrogen and oxygen atoms in total. The molecule has 180 valence electrons. The minimum Gasteiger partial charge on any atom is -0.496 e. The number of rotatable bonds is 7. The molecule has 1 N–H and O–H groups in total. The summed E-state index contributed by atoms with van der Waals surface area (Å²) in [6.07, 6.45) is 1.72. The molecule has 5 rings (SSSR count). The van der Waals surface area contributed by atoms with Crippen LogP contribution < -0.4 is 10.1 Å². The smallest absolute Gasteiger partial charge is 0.412 e. The number of carbonyl (C=O) groups excluding carboxylic acids is 1. The highest BCUT2D eigenvalue weighted by Gasteiger charge is 2.23. The van der Waals surface area contributed by atoms with Gasteiger partial charge in [-0.1, -0.05) is 48.0 Å². The normalized spacial score (nSPS) is 13.9. The molecule has 0 saturated heterocycles. The van der Waals surface area contributed by atoms with Gasteiger partial charge in [0.25, 0.3) is 0 Å². The van der Waals surface area contributed by atoms with Crippen molar-refractivity contribution in [3.05, 3.63) is 80.3 Å². The van der Waals surface area contributed by atoms with Gasteiger partial charge in [0, 0.05) is 11.1 Å². The van der Waals surface area contributed by atoms with Crippen LogP contribution in [-0.2, 0) is 4.74 Å². The second-order valence-electron chi connectivity index (χ2n) is 8.79. The molecule has 1 unspecified atom stereocenters. The maximum absolute atomic E-state index is 12.7. The number of methoxy groups -OCH3 is 1. The summed E-state index contributed by atoms with van der Waals surface area (Å²) in [6.45, 7) is 3.88. The number of aryl methyl sites for hydroxylation is 1. The molecule has 1 aliphatic carbocycles. The summed E-state index contributed by atoms with van der Waals surface area (Å²) >= 11 is 9.35. The lowest BCUT2D eigenvalue weighted by atomic mass is 9.99. The van der Waals surface area contributed by atoms with Gasteiger partial charge in [0.1, 0.15) is 11.9 Å². The molecule has 35 heavy (non-hydrogen) atoms. The number of benzene rings is 2. The molecule has 2 heterocycles. The summed E-state index contributed by atoms with van der Waals surface area (Å²) in [7, 11) is 1.67. The van der Waals surface area contributed by atoms with Crippen molar-refractivity contribution in [3.63, 3.8) is 0 Å². The molecule has 0 spiro atoms. The van der Waals surface area contributed by atoms with Crippen LogP contribution >= 0.6 is 34.3 Å². The van der Waals surface area contributed by atoms with E-state index in [9.17, 15) is 4.79 Å². The van der Waals surface area contributed by atoms with E-state index in [-0.39, 0.29) is 6.10 Å². The molecule has 1 amide bonds. The Morgan fingerprint density at radius 1 is 1.09 bits per heavy atom. The van der Waals surface area contributed by atoms with Gasteiger partial charge in [-0.3, -0.25) is 5.32 Å². The quantitative estimate of drug-likeness (QED) is 0.262. The van der Waals surface area contributed by atoms with Gasteiger partial charge in [-0.15, -0.1) is 11.3 Å². The molecular weight excluding hydrogens is 498 g/mol. The zero-order valence-electron chi connectivity index (χ0n) is 19.8. The van der Waals surface area contributed by atoms with Gasteiger partial charge in [0.05, 0.1) is 22.0 Å². The minimum atomic E-state index is -0.516. The summed E-state index contributed by atoms with van der Waals surface area (Å²) < 4.78 is 12.0. The Hall–Kier alpha value is -2.80. The number of amides is 1. The van der Waals surface area contributed by atoms with E-state index in [4.69, 9.17) is 21.1 Å². The molecule has 0 aliphatic heterocycles. The number of halogens is 1. The van der Waals surface area contributed by atoms with E-state index in [0.717, 1.165) is 44.4 Å². The number of carbonyl (C=O) groups is 1. The highest BCUT2D eigenvalue weighted by Crippen LogP contribution is 2.44. The molecule has 0 bridgehead atoms. The molecule has 2 aromatic heterocycles. The maximum atomic E-state index is 12.7. The highest BCUT2D eigenvalue weighted by molar-refractivity contribution is 7.20. The Kier molecular flexibility index (Phi) is 6.87. The largest absolute Gasteiger partial charge is 0.496 e. The maximum Gasteiger partial charge on any atom is 0.412 e. The fourth-order valence-corrected chi connectivity index (χ4v) is 6.35. The Balaban J connectivity index is 1.37. The van der Waals surface area contributed by atoms with E-state index in [1.807, 2.05) is 36.7 Å². The van der Waals surface area contributed by atoms with Crippen molar-refractivity contribution in [2.24, 2.45) is 0 Å². The van der Waals surface area contributed by atoms with E-state index in [2.05, 4.69) is 35.6 Å². The Bertz CT molecular complexity index is 1360. The minimum absolute atomic E-state index is 0.343. The fraction of sp³-hybridized carbons (Fsp3) is 0.250. The van der Waals surface area contributed by atoms with Crippen molar-refractivity contribution in [2.75, 3.05) is 12.4 Å². The van der Waals surface area contributed by atoms with E-state index < -0.39 is 6.09 Å². The van der Waals surface area contributed by atoms with Crippen molar-refractivity contribution >= 4 is 46.1 Å². The van der Waals surface area contributed by atoms with Crippen LogP contribution in [0.2, 0.25) is 4.34 Å². The van der Waals surface area contributed by atoms with Crippen molar-refractivity contribution in [1.82, 2.24) is 0 Å². The number of hydrogen-bond acceptors (Lipinski definition) is 5. The molecular formula is C28H26ClNO3S2. The molecule has 1 fully saturated rings. The average molecular weight is 524 g/mol. The van der Waals surface area contributed by atoms with E-state index in [1.54, 1.807) is 24.5 Å². The third-order valence-corrected chi connectivity index (χ3v) is 8.48. The fourth-order valence-electron chi connectivity index (χ4n) is 4.24. The van der Waals surface area contributed by atoms with Gasteiger partial charge in [-0.2, -0.15) is 11.3 Å². The summed E-state index contributed by atoms with van der Waals surface area (Å²) in [5.74, 6) is 1.49. The van der Waals surface area contributed by atoms with Gasteiger partial charge in [0.2, 0.25) is 0 Å². The van der Waals surface area contributed by atoms with Gasteiger partial charge in [0.15, 0.2) is 0 Å². The van der Waals surface area contributed by atoms with Crippen LogP contribution in [0.25, 0.3) is 21.6 Å².